The number of imidazole rings is 2. The highest BCUT2D eigenvalue weighted by atomic mass is 16.5. The molecule has 0 spiro atoms. The summed E-state index contributed by atoms with van der Waals surface area (Å²) in [7, 11) is 2.57. The Balaban J connectivity index is 1.08. The highest BCUT2D eigenvalue weighted by Crippen LogP contribution is 2.35. The number of likely N-dealkylation sites (tertiary alicyclic amines) is 2. The van der Waals surface area contributed by atoms with Crippen LogP contribution >= 0.6 is 0 Å². The highest BCUT2D eigenvalue weighted by molar-refractivity contribution is 5.96. The Labute approximate surface area is 324 Å². The van der Waals surface area contributed by atoms with Crippen molar-refractivity contribution in [3.8, 4) is 22.5 Å². The molecule has 4 N–H and O–H groups in total. The summed E-state index contributed by atoms with van der Waals surface area (Å²) in [4.78, 5) is 76.0. The van der Waals surface area contributed by atoms with Crippen LogP contribution in [0.1, 0.15) is 77.1 Å². The van der Waals surface area contributed by atoms with Crippen molar-refractivity contribution in [2.24, 2.45) is 11.8 Å². The van der Waals surface area contributed by atoms with Gasteiger partial charge in [-0.3, -0.25) is 9.59 Å². The lowest BCUT2D eigenvalue weighted by Gasteiger charge is -2.30. The van der Waals surface area contributed by atoms with Gasteiger partial charge >= 0.3 is 12.2 Å². The Morgan fingerprint density at radius 3 is 1.68 bits per heavy atom. The molecule has 2 unspecified atom stereocenters. The molecule has 2 aromatic carbocycles. The number of carbonyl (C=O) groups excluding carboxylic acids is 4. The summed E-state index contributed by atoms with van der Waals surface area (Å²) in [6, 6.07) is 12.5. The Bertz CT molecular complexity index is 2110. The Hall–Kier alpha value is -5.99. The van der Waals surface area contributed by atoms with Crippen LogP contribution in [0.5, 0.6) is 0 Å². The number of carbonyl (C=O) groups is 4. The summed E-state index contributed by atoms with van der Waals surface area (Å²) in [5.41, 5.74) is 5.21. The van der Waals surface area contributed by atoms with Gasteiger partial charge in [-0.05, 0) is 61.8 Å². The molecule has 2 aliphatic rings. The predicted molar refractivity (Wildman–Crippen MR) is 210 cm³/mol. The van der Waals surface area contributed by atoms with E-state index in [1.54, 1.807) is 22.2 Å². The molecule has 15 heteroatoms. The number of rotatable bonds is 10. The van der Waals surface area contributed by atoms with Gasteiger partial charge in [-0.1, -0.05) is 45.9 Å². The number of hydrogen-bond acceptors (Lipinski definition) is 9. The first-order chi connectivity index (χ1) is 26.9. The fraction of sp³-hybridized carbons (Fsp3) is 0.439. The first kappa shape index (κ1) is 38.3. The first-order valence-electron chi connectivity index (χ1n) is 19.2. The molecule has 0 saturated carbocycles. The fourth-order valence-electron chi connectivity index (χ4n) is 7.86. The van der Waals surface area contributed by atoms with Crippen molar-refractivity contribution in [1.82, 2.24) is 45.4 Å². The molecule has 15 nitrogen and oxygen atoms in total. The van der Waals surface area contributed by atoms with Gasteiger partial charge in [0.2, 0.25) is 11.8 Å². The van der Waals surface area contributed by atoms with Gasteiger partial charge in [0.05, 0.1) is 61.1 Å². The standard InChI is InChI=1S/C41H49N9O6/c1-22(2)34(47-40(53)55-5)38(51)49-15-7-9-32(49)36-42-20-30(45-36)25-13-14-28-27(18-25)17-24-11-12-26(19-29(24)44-28)31-21-43-37(46-31)33-10-8-16-50(33)39(52)35(23(3)4)48-41(54)56-6/h11-14,17-23,32-35H,7-10,15-16H2,1-6H3,(H,42,45)(H,43,46)(H,47,53)(H,48,54)/t32?,33-,34?,35+/m1/s1. The average molecular weight is 764 g/mol. The first-order valence-corrected chi connectivity index (χ1v) is 19.2. The maximum atomic E-state index is 13.6. The molecule has 2 aliphatic heterocycles. The van der Waals surface area contributed by atoms with Crippen LogP contribution in [0.25, 0.3) is 44.3 Å². The van der Waals surface area contributed by atoms with Gasteiger partial charge in [-0.2, -0.15) is 0 Å². The molecule has 5 aromatic rings. The second kappa shape index (κ2) is 16.0. The van der Waals surface area contributed by atoms with Crippen molar-refractivity contribution in [3.63, 3.8) is 0 Å². The molecule has 7 rings (SSSR count). The second-order valence-corrected chi connectivity index (χ2v) is 15.3. The zero-order chi connectivity index (χ0) is 39.7. The molecule has 5 heterocycles. The van der Waals surface area contributed by atoms with Crippen LogP contribution in [-0.4, -0.2) is 98.1 Å². The molecule has 2 saturated heterocycles. The van der Waals surface area contributed by atoms with E-state index in [1.807, 2.05) is 58.0 Å². The minimum atomic E-state index is -0.700. The molecular weight excluding hydrogens is 715 g/mol. The molecular formula is C41H49N9O6. The van der Waals surface area contributed by atoms with E-state index in [0.29, 0.717) is 24.7 Å². The monoisotopic (exact) mass is 763 g/mol. The third-order valence-corrected chi connectivity index (χ3v) is 10.9. The van der Waals surface area contributed by atoms with E-state index in [9.17, 15) is 19.2 Å². The average Bonchev–Trinajstić information content (AvgIpc) is 4.03. The molecule has 0 radical (unpaired) electrons. The largest absolute Gasteiger partial charge is 0.453 e. The number of ether oxygens (including phenoxy) is 2. The number of H-pyrrole nitrogens is 2. The number of pyridine rings is 1. The van der Waals surface area contributed by atoms with E-state index in [-0.39, 0.29) is 35.7 Å². The zero-order valence-electron chi connectivity index (χ0n) is 32.6. The number of nitrogens with one attached hydrogen (secondary N) is 4. The van der Waals surface area contributed by atoms with Crippen molar-refractivity contribution in [2.75, 3.05) is 27.3 Å². The van der Waals surface area contributed by atoms with E-state index >= 15 is 0 Å². The van der Waals surface area contributed by atoms with Crippen LogP contribution in [-0.2, 0) is 19.1 Å². The summed E-state index contributed by atoms with van der Waals surface area (Å²) < 4.78 is 9.53. The molecule has 294 valence electrons. The van der Waals surface area contributed by atoms with Crippen molar-refractivity contribution < 1.29 is 28.7 Å². The number of methoxy groups -OCH3 is 2. The number of benzene rings is 2. The quantitative estimate of drug-likeness (QED) is 0.119. The number of alkyl carbamates (subject to hydrolysis) is 2. The van der Waals surface area contributed by atoms with Crippen LogP contribution < -0.4 is 10.6 Å². The van der Waals surface area contributed by atoms with Gasteiger partial charge < -0.3 is 39.9 Å². The van der Waals surface area contributed by atoms with E-state index in [0.717, 1.165) is 70.0 Å². The number of nitrogens with zero attached hydrogens (tertiary/aromatic N) is 5. The van der Waals surface area contributed by atoms with Crippen molar-refractivity contribution in [3.05, 3.63) is 66.5 Å². The molecule has 0 bridgehead atoms. The van der Waals surface area contributed by atoms with Gasteiger partial charge in [0, 0.05) is 35.0 Å². The highest BCUT2D eigenvalue weighted by Gasteiger charge is 2.39. The van der Waals surface area contributed by atoms with Gasteiger partial charge in [-0.25, -0.2) is 24.5 Å². The van der Waals surface area contributed by atoms with Gasteiger partial charge in [0.1, 0.15) is 23.7 Å². The Morgan fingerprint density at radius 1 is 0.679 bits per heavy atom. The smallest absolute Gasteiger partial charge is 0.407 e. The van der Waals surface area contributed by atoms with E-state index in [4.69, 9.17) is 24.4 Å². The third-order valence-electron chi connectivity index (χ3n) is 10.9. The van der Waals surface area contributed by atoms with Gasteiger partial charge in [0.15, 0.2) is 0 Å². The van der Waals surface area contributed by atoms with E-state index < -0.39 is 24.3 Å². The van der Waals surface area contributed by atoms with E-state index in [2.05, 4.69) is 32.7 Å². The lowest BCUT2D eigenvalue weighted by molar-refractivity contribution is -0.136. The Morgan fingerprint density at radius 2 is 1.18 bits per heavy atom. The SMILES string of the molecule is COC(=O)NC(C(=O)N1CCCC1c1ncc(-c2ccc3nc4cc(-c5cnc([C@H]6CCCN6C(=O)[C@@H](NC(=O)OC)C(C)C)[nH]5)ccc4cc3c2)[nH]1)C(C)C. The molecule has 0 aliphatic carbocycles. The third kappa shape index (κ3) is 7.62. The summed E-state index contributed by atoms with van der Waals surface area (Å²) in [6.07, 6.45) is 5.54. The van der Waals surface area contributed by atoms with Crippen LogP contribution in [0, 0.1) is 11.8 Å². The summed E-state index contributed by atoms with van der Waals surface area (Å²) >= 11 is 0. The van der Waals surface area contributed by atoms with Crippen LogP contribution in [0.4, 0.5) is 9.59 Å². The zero-order valence-corrected chi connectivity index (χ0v) is 32.6. The second-order valence-electron chi connectivity index (χ2n) is 15.3. The maximum absolute atomic E-state index is 13.6. The number of amides is 4. The molecule has 3 aromatic heterocycles. The lowest BCUT2D eigenvalue weighted by Crippen LogP contribution is -2.51. The fourth-order valence-corrected chi connectivity index (χ4v) is 7.86. The van der Waals surface area contributed by atoms with Crippen molar-refractivity contribution in [2.45, 2.75) is 77.5 Å². The van der Waals surface area contributed by atoms with E-state index in [1.165, 1.54) is 14.2 Å². The number of aromatic nitrogens is 5. The number of hydrogen-bond donors (Lipinski definition) is 4. The van der Waals surface area contributed by atoms with Crippen LogP contribution in [0.3, 0.4) is 0 Å². The van der Waals surface area contributed by atoms with Crippen LogP contribution in [0.2, 0.25) is 0 Å². The van der Waals surface area contributed by atoms with Gasteiger partial charge in [0.25, 0.3) is 0 Å². The molecule has 2 fully saturated rings. The van der Waals surface area contributed by atoms with Crippen molar-refractivity contribution in [1.29, 1.82) is 0 Å². The molecule has 4 atom stereocenters. The summed E-state index contributed by atoms with van der Waals surface area (Å²) in [5, 5.41) is 7.35. The minimum absolute atomic E-state index is 0.114. The minimum Gasteiger partial charge on any atom is -0.453 e. The normalized spacial score (nSPS) is 18.1. The maximum Gasteiger partial charge on any atom is 0.407 e. The summed E-state index contributed by atoms with van der Waals surface area (Å²) in [6.45, 7) is 8.75. The lowest BCUT2D eigenvalue weighted by atomic mass is 10.0. The van der Waals surface area contributed by atoms with Crippen molar-refractivity contribution >= 4 is 45.8 Å². The molecule has 4 amide bonds. The Kier molecular flexibility index (Phi) is 10.9. The summed E-state index contributed by atoms with van der Waals surface area (Å²) in [5.74, 6) is 0.883. The number of aromatic amines is 2. The van der Waals surface area contributed by atoms with Crippen LogP contribution in [0.15, 0.2) is 54.9 Å². The predicted octanol–water partition coefficient (Wildman–Crippen LogP) is 6.26. The molecule has 56 heavy (non-hydrogen) atoms. The van der Waals surface area contributed by atoms with Gasteiger partial charge in [-0.15, -0.1) is 0 Å². The number of fused-ring (bicyclic) bond motifs is 2. The topological polar surface area (TPSA) is 188 Å².